The lowest BCUT2D eigenvalue weighted by Gasteiger charge is -2.31. The van der Waals surface area contributed by atoms with E-state index in [2.05, 4.69) is 11.4 Å². The third kappa shape index (κ3) is 5.83. The van der Waals surface area contributed by atoms with E-state index in [9.17, 15) is 9.59 Å². The number of carbonyl (C=O) groups is 2. The lowest BCUT2D eigenvalue weighted by atomic mass is 9.95. The average molecular weight is 395 g/mol. The van der Waals surface area contributed by atoms with Gasteiger partial charge in [-0.2, -0.15) is 0 Å². The highest BCUT2D eigenvalue weighted by Crippen LogP contribution is 2.20. The maximum Gasteiger partial charge on any atom is 0.226 e. The van der Waals surface area contributed by atoms with E-state index in [0.717, 1.165) is 36.1 Å². The molecule has 1 aliphatic rings. The van der Waals surface area contributed by atoms with Crippen LogP contribution in [0.15, 0.2) is 48.5 Å². The van der Waals surface area contributed by atoms with Crippen LogP contribution in [0.2, 0.25) is 0 Å². The molecule has 1 fully saturated rings. The molecule has 1 saturated heterocycles. The third-order valence-electron chi connectivity index (χ3n) is 5.54. The topological polar surface area (TPSA) is 58.6 Å². The first-order valence-corrected chi connectivity index (χ1v) is 10.3. The molecule has 3 rings (SSSR count). The molecular formula is C24H30N2O3. The van der Waals surface area contributed by atoms with Gasteiger partial charge in [-0.3, -0.25) is 9.59 Å². The van der Waals surface area contributed by atoms with Crippen LogP contribution in [0.3, 0.4) is 0 Å². The van der Waals surface area contributed by atoms with Gasteiger partial charge in [0.1, 0.15) is 5.75 Å². The summed E-state index contributed by atoms with van der Waals surface area (Å²) in [6, 6.07) is 15.9. The van der Waals surface area contributed by atoms with E-state index in [1.54, 1.807) is 7.11 Å². The Morgan fingerprint density at radius 2 is 1.86 bits per heavy atom. The summed E-state index contributed by atoms with van der Waals surface area (Å²) in [6.45, 7) is 3.92. The molecule has 0 aliphatic carbocycles. The summed E-state index contributed by atoms with van der Waals surface area (Å²) in [5, 5.41) is 3.04. The highest BCUT2D eigenvalue weighted by Gasteiger charge is 2.27. The Labute approximate surface area is 173 Å². The highest BCUT2D eigenvalue weighted by molar-refractivity contribution is 5.81. The highest BCUT2D eigenvalue weighted by atomic mass is 16.5. The van der Waals surface area contributed by atoms with Gasteiger partial charge in [-0.1, -0.05) is 48.0 Å². The zero-order valence-electron chi connectivity index (χ0n) is 17.3. The summed E-state index contributed by atoms with van der Waals surface area (Å²) in [4.78, 5) is 26.9. The zero-order chi connectivity index (χ0) is 20.6. The summed E-state index contributed by atoms with van der Waals surface area (Å²) < 4.78 is 5.35. The number of hydrogen-bond donors (Lipinski definition) is 1. The second-order valence-electron chi connectivity index (χ2n) is 7.67. The predicted octanol–water partition coefficient (Wildman–Crippen LogP) is 3.14. The lowest BCUT2D eigenvalue weighted by molar-refractivity contribution is -0.135. The Hall–Kier alpha value is -2.82. The minimum atomic E-state index is -0.0179. The summed E-state index contributed by atoms with van der Waals surface area (Å²) in [5.74, 6) is 1.06. The maximum absolute atomic E-state index is 12.6. The smallest absolute Gasteiger partial charge is 0.226 e. The molecule has 0 saturated carbocycles. The van der Waals surface area contributed by atoms with Crippen LogP contribution in [0, 0.1) is 12.8 Å². The van der Waals surface area contributed by atoms with Crippen molar-refractivity contribution in [3.05, 3.63) is 65.2 Å². The number of hydrogen-bond acceptors (Lipinski definition) is 3. The van der Waals surface area contributed by atoms with Crippen LogP contribution < -0.4 is 10.1 Å². The van der Waals surface area contributed by atoms with E-state index >= 15 is 0 Å². The molecular weight excluding hydrogens is 364 g/mol. The number of likely N-dealkylation sites (tertiary alicyclic amines) is 1. The Balaban J connectivity index is 1.41. The number of amides is 2. The third-order valence-corrected chi connectivity index (χ3v) is 5.54. The Morgan fingerprint density at radius 1 is 1.10 bits per heavy atom. The number of piperidine rings is 1. The fraction of sp³-hybridized carbons (Fsp3) is 0.417. The molecule has 154 valence electrons. The van der Waals surface area contributed by atoms with Gasteiger partial charge in [0.2, 0.25) is 11.8 Å². The van der Waals surface area contributed by atoms with Crippen molar-refractivity contribution in [3.63, 3.8) is 0 Å². The van der Waals surface area contributed by atoms with Crippen molar-refractivity contribution in [1.82, 2.24) is 10.2 Å². The second kappa shape index (κ2) is 10.1. The first kappa shape index (κ1) is 20.9. The van der Waals surface area contributed by atoms with Crippen molar-refractivity contribution >= 4 is 11.8 Å². The van der Waals surface area contributed by atoms with Gasteiger partial charge in [0.05, 0.1) is 13.5 Å². The lowest BCUT2D eigenvalue weighted by Crippen LogP contribution is -2.43. The van der Waals surface area contributed by atoms with Crippen LogP contribution in [-0.2, 0) is 22.4 Å². The standard InChI is InChI=1S/C24H30N2O3/c1-18-6-5-7-19(16-18)17-23(27)26-14-11-21(12-15-26)24(28)25-13-10-20-8-3-4-9-22(20)29-2/h3-9,16,21H,10-15,17H2,1-2H3,(H,25,28). The minimum Gasteiger partial charge on any atom is -0.496 e. The molecule has 2 amide bonds. The van der Waals surface area contributed by atoms with Crippen LogP contribution >= 0.6 is 0 Å². The number of para-hydroxylation sites is 1. The number of nitrogens with one attached hydrogen (secondary N) is 1. The molecule has 0 radical (unpaired) electrons. The fourth-order valence-corrected chi connectivity index (χ4v) is 3.87. The van der Waals surface area contributed by atoms with Crippen LogP contribution in [0.5, 0.6) is 5.75 Å². The maximum atomic E-state index is 12.6. The zero-order valence-corrected chi connectivity index (χ0v) is 17.3. The average Bonchev–Trinajstić information content (AvgIpc) is 2.74. The molecule has 0 bridgehead atoms. The van der Waals surface area contributed by atoms with Gasteiger partial charge in [-0.05, 0) is 43.4 Å². The molecule has 0 aromatic heterocycles. The van der Waals surface area contributed by atoms with Gasteiger partial charge < -0.3 is 15.0 Å². The van der Waals surface area contributed by atoms with Crippen LogP contribution in [0.1, 0.15) is 29.5 Å². The van der Waals surface area contributed by atoms with Gasteiger partial charge in [0, 0.05) is 25.6 Å². The molecule has 5 heteroatoms. The molecule has 1 heterocycles. The van der Waals surface area contributed by atoms with E-state index in [4.69, 9.17) is 4.74 Å². The van der Waals surface area contributed by atoms with E-state index < -0.39 is 0 Å². The van der Waals surface area contributed by atoms with Gasteiger partial charge >= 0.3 is 0 Å². The second-order valence-corrected chi connectivity index (χ2v) is 7.67. The molecule has 29 heavy (non-hydrogen) atoms. The first-order valence-electron chi connectivity index (χ1n) is 10.3. The SMILES string of the molecule is COc1ccccc1CCNC(=O)C1CCN(C(=O)Cc2cccc(C)c2)CC1. The number of ether oxygens (including phenoxy) is 1. The van der Waals surface area contributed by atoms with Gasteiger partial charge in [-0.25, -0.2) is 0 Å². The minimum absolute atomic E-state index is 0.0179. The van der Waals surface area contributed by atoms with Crippen molar-refractivity contribution < 1.29 is 14.3 Å². The van der Waals surface area contributed by atoms with Gasteiger partial charge in [-0.15, -0.1) is 0 Å². The largest absolute Gasteiger partial charge is 0.496 e. The Bertz CT molecular complexity index is 842. The summed E-state index contributed by atoms with van der Waals surface area (Å²) in [5.41, 5.74) is 3.30. The molecule has 2 aromatic carbocycles. The quantitative estimate of drug-likeness (QED) is 0.785. The molecule has 0 spiro atoms. The van der Waals surface area contributed by atoms with Crippen LogP contribution in [-0.4, -0.2) is 43.5 Å². The number of aryl methyl sites for hydroxylation is 1. The van der Waals surface area contributed by atoms with Gasteiger partial charge in [0.15, 0.2) is 0 Å². The summed E-state index contributed by atoms with van der Waals surface area (Å²) in [6.07, 6.45) is 2.61. The molecule has 0 atom stereocenters. The number of nitrogens with zero attached hydrogens (tertiary/aromatic N) is 1. The molecule has 1 aliphatic heterocycles. The predicted molar refractivity (Wildman–Crippen MR) is 114 cm³/mol. The van der Waals surface area contributed by atoms with Crippen LogP contribution in [0.4, 0.5) is 0 Å². The van der Waals surface area contributed by atoms with Crippen molar-refractivity contribution in [3.8, 4) is 5.75 Å². The molecule has 0 unspecified atom stereocenters. The summed E-state index contributed by atoms with van der Waals surface area (Å²) >= 11 is 0. The Morgan fingerprint density at radius 3 is 2.59 bits per heavy atom. The van der Waals surface area contributed by atoms with Crippen molar-refractivity contribution in [1.29, 1.82) is 0 Å². The van der Waals surface area contributed by atoms with Gasteiger partial charge in [0.25, 0.3) is 0 Å². The molecule has 5 nitrogen and oxygen atoms in total. The Kier molecular flexibility index (Phi) is 7.28. The number of rotatable bonds is 7. The van der Waals surface area contributed by atoms with Crippen molar-refractivity contribution in [2.24, 2.45) is 5.92 Å². The first-order chi connectivity index (χ1) is 14.1. The normalized spacial score (nSPS) is 14.5. The van der Waals surface area contributed by atoms with Crippen molar-refractivity contribution in [2.75, 3.05) is 26.7 Å². The number of benzene rings is 2. The fourth-order valence-electron chi connectivity index (χ4n) is 3.87. The van der Waals surface area contributed by atoms with E-state index in [1.165, 1.54) is 5.56 Å². The number of methoxy groups -OCH3 is 1. The van der Waals surface area contributed by atoms with Crippen LogP contribution in [0.25, 0.3) is 0 Å². The van der Waals surface area contributed by atoms with E-state index in [0.29, 0.717) is 26.1 Å². The van der Waals surface area contributed by atoms with E-state index in [-0.39, 0.29) is 17.7 Å². The molecule has 1 N–H and O–H groups in total. The van der Waals surface area contributed by atoms with E-state index in [1.807, 2.05) is 54.3 Å². The number of carbonyl (C=O) groups excluding carboxylic acids is 2. The summed E-state index contributed by atoms with van der Waals surface area (Å²) in [7, 11) is 1.66. The van der Waals surface area contributed by atoms with Crippen molar-refractivity contribution in [2.45, 2.75) is 32.6 Å². The monoisotopic (exact) mass is 394 g/mol. The molecule has 2 aromatic rings.